The van der Waals surface area contributed by atoms with Crippen molar-refractivity contribution in [2.45, 2.75) is 19.4 Å². The van der Waals surface area contributed by atoms with Crippen molar-refractivity contribution in [3.8, 4) is 0 Å². The fraction of sp³-hybridized carbons (Fsp3) is 0.182. The molecule has 3 N–H and O–H groups in total. The molecule has 0 aromatic heterocycles. The molecule has 150 valence electrons. The highest BCUT2D eigenvalue weighted by molar-refractivity contribution is 6.31. The molecule has 3 rings (SSSR count). The number of hydrogen-bond donors (Lipinski definition) is 3. The number of rotatable bonds is 7. The zero-order valence-electron chi connectivity index (χ0n) is 15.7. The zero-order valence-corrected chi connectivity index (χ0v) is 16.4. The van der Waals surface area contributed by atoms with Gasteiger partial charge in [0.1, 0.15) is 0 Å². The Morgan fingerprint density at radius 3 is 2.21 bits per heavy atom. The second-order valence-electron chi connectivity index (χ2n) is 6.60. The standard InChI is InChI=1S/C22H20ClNO5/c1-13-18(21(25)26)19(15-9-5-6-10-16(15)23)20(22(27)28)17(24-13)12-29-11-14-7-3-2-4-8-14/h2-10,19,24H,11-12H2,1H3,(H,25,26)(H,27,28). The molecular weight excluding hydrogens is 394 g/mol. The minimum atomic E-state index is -1.23. The van der Waals surface area contributed by atoms with E-state index in [0.29, 0.717) is 28.6 Å². The highest BCUT2D eigenvalue weighted by Gasteiger charge is 2.38. The summed E-state index contributed by atoms with van der Waals surface area (Å²) >= 11 is 6.29. The monoisotopic (exact) mass is 413 g/mol. The van der Waals surface area contributed by atoms with Crippen LogP contribution in [0.25, 0.3) is 0 Å². The molecule has 2 aromatic carbocycles. The highest BCUT2D eigenvalue weighted by atomic mass is 35.5. The Balaban J connectivity index is 2.00. The molecule has 0 fully saturated rings. The van der Waals surface area contributed by atoms with E-state index in [2.05, 4.69) is 5.32 Å². The Morgan fingerprint density at radius 2 is 1.59 bits per heavy atom. The van der Waals surface area contributed by atoms with Gasteiger partial charge >= 0.3 is 11.9 Å². The number of carboxylic acid groups (broad SMARTS) is 2. The lowest BCUT2D eigenvalue weighted by Gasteiger charge is -2.30. The van der Waals surface area contributed by atoms with Gasteiger partial charge in [-0.1, -0.05) is 60.1 Å². The molecular formula is C22H20ClNO5. The number of carboxylic acids is 2. The van der Waals surface area contributed by atoms with Gasteiger partial charge in [-0.3, -0.25) is 0 Å². The lowest BCUT2D eigenvalue weighted by atomic mass is 9.80. The van der Waals surface area contributed by atoms with Gasteiger partial charge in [0, 0.05) is 10.7 Å². The molecule has 29 heavy (non-hydrogen) atoms. The van der Waals surface area contributed by atoms with E-state index in [0.717, 1.165) is 5.56 Å². The molecule has 0 saturated carbocycles. The Kier molecular flexibility index (Phi) is 6.36. The summed E-state index contributed by atoms with van der Waals surface area (Å²) in [4.78, 5) is 24.1. The molecule has 6 nitrogen and oxygen atoms in total. The van der Waals surface area contributed by atoms with Gasteiger partial charge in [-0.15, -0.1) is 0 Å². The number of aliphatic carboxylic acids is 2. The molecule has 0 spiro atoms. The molecule has 0 aliphatic carbocycles. The van der Waals surface area contributed by atoms with Crippen LogP contribution in [0.15, 0.2) is 77.1 Å². The Morgan fingerprint density at radius 1 is 0.966 bits per heavy atom. The maximum absolute atomic E-state index is 12.2. The topological polar surface area (TPSA) is 95.9 Å². The van der Waals surface area contributed by atoms with Crippen LogP contribution in [0, 0.1) is 0 Å². The van der Waals surface area contributed by atoms with E-state index in [-0.39, 0.29) is 17.8 Å². The zero-order chi connectivity index (χ0) is 21.0. The summed E-state index contributed by atoms with van der Waals surface area (Å²) in [7, 11) is 0. The van der Waals surface area contributed by atoms with Crippen molar-refractivity contribution >= 4 is 23.5 Å². The van der Waals surface area contributed by atoms with Gasteiger partial charge in [-0.25, -0.2) is 9.59 Å². The normalized spacial score (nSPS) is 16.6. The van der Waals surface area contributed by atoms with Crippen LogP contribution >= 0.6 is 11.6 Å². The van der Waals surface area contributed by atoms with E-state index in [1.165, 1.54) is 0 Å². The molecule has 7 heteroatoms. The summed E-state index contributed by atoms with van der Waals surface area (Å²) < 4.78 is 5.71. The Hall–Kier alpha value is -3.09. The Labute approximate surface area is 173 Å². The quantitative estimate of drug-likeness (QED) is 0.636. The first-order chi connectivity index (χ1) is 13.9. The molecule has 0 radical (unpaired) electrons. The minimum Gasteiger partial charge on any atom is -0.478 e. The van der Waals surface area contributed by atoms with Crippen molar-refractivity contribution in [2.24, 2.45) is 0 Å². The summed E-state index contributed by atoms with van der Waals surface area (Å²) in [5.41, 5.74) is 1.88. The molecule has 1 atom stereocenters. The van der Waals surface area contributed by atoms with Gasteiger partial charge in [0.15, 0.2) is 0 Å². The summed E-state index contributed by atoms with van der Waals surface area (Å²) in [6.45, 7) is 1.88. The summed E-state index contributed by atoms with van der Waals surface area (Å²) in [6, 6.07) is 16.1. The number of halogens is 1. The van der Waals surface area contributed by atoms with Gasteiger partial charge in [0.2, 0.25) is 0 Å². The number of hydrogen-bond acceptors (Lipinski definition) is 4. The molecule has 0 saturated heterocycles. The fourth-order valence-electron chi connectivity index (χ4n) is 3.41. The van der Waals surface area contributed by atoms with Gasteiger partial charge in [0.25, 0.3) is 0 Å². The van der Waals surface area contributed by atoms with E-state index < -0.39 is 17.9 Å². The second-order valence-corrected chi connectivity index (χ2v) is 7.01. The molecule has 0 bridgehead atoms. The fourth-order valence-corrected chi connectivity index (χ4v) is 3.66. The molecule has 0 amide bonds. The highest BCUT2D eigenvalue weighted by Crippen LogP contribution is 2.41. The maximum Gasteiger partial charge on any atom is 0.334 e. The number of dihydropyridines is 1. The third-order valence-corrected chi connectivity index (χ3v) is 5.02. The first kappa shape index (κ1) is 20.6. The second kappa shape index (κ2) is 8.94. The van der Waals surface area contributed by atoms with E-state index in [4.69, 9.17) is 16.3 Å². The van der Waals surface area contributed by atoms with Crippen LogP contribution in [0.5, 0.6) is 0 Å². The number of carbonyl (C=O) groups is 2. The number of benzene rings is 2. The van der Waals surface area contributed by atoms with Crippen molar-refractivity contribution in [3.05, 3.63) is 93.3 Å². The average molecular weight is 414 g/mol. The van der Waals surface area contributed by atoms with Crippen LogP contribution in [0.4, 0.5) is 0 Å². The van der Waals surface area contributed by atoms with Crippen LogP contribution in [0.3, 0.4) is 0 Å². The third kappa shape index (κ3) is 4.50. The van der Waals surface area contributed by atoms with Gasteiger partial charge in [-0.2, -0.15) is 0 Å². The minimum absolute atomic E-state index is 0.0122. The van der Waals surface area contributed by atoms with Crippen LogP contribution in [-0.4, -0.2) is 28.8 Å². The smallest absolute Gasteiger partial charge is 0.334 e. The van der Waals surface area contributed by atoms with E-state index >= 15 is 0 Å². The number of ether oxygens (including phenoxy) is 1. The molecule has 1 aliphatic rings. The van der Waals surface area contributed by atoms with Crippen LogP contribution in [0.1, 0.15) is 24.0 Å². The van der Waals surface area contributed by atoms with E-state index in [1.54, 1.807) is 31.2 Å². The van der Waals surface area contributed by atoms with Gasteiger partial charge < -0.3 is 20.3 Å². The van der Waals surface area contributed by atoms with E-state index in [1.807, 2.05) is 30.3 Å². The number of nitrogens with one attached hydrogen (secondary N) is 1. The van der Waals surface area contributed by atoms with Crippen LogP contribution in [0.2, 0.25) is 5.02 Å². The summed E-state index contributed by atoms with van der Waals surface area (Å²) in [5, 5.41) is 22.9. The van der Waals surface area contributed by atoms with Crippen molar-refractivity contribution in [1.82, 2.24) is 5.32 Å². The predicted molar refractivity (Wildman–Crippen MR) is 108 cm³/mol. The van der Waals surface area contributed by atoms with Crippen molar-refractivity contribution in [1.29, 1.82) is 0 Å². The van der Waals surface area contributed by atoms with Gasteiger partial charge in [-0.05, 0) is 24.1 Å². The largest absolute Gasteiger partial charge is 0.478 e. The lowest BCUT2D eigenvalue weighted by molar-refractivity contribution is -0.133. The number of allylic oxidation sites excluding steroid dienone is 1. The molecule has 1 aliphatic heterocycles. The Bertz CT molecular complexity index is 997. The predicted octanol–water partition coefficient (Wildman–Crippen LogP) is 3.94. The van der Waals surface area contributed by atoms with Crippen molar-refractivity contribution in [2.75, 3.05) is 6.61 Å². The van der Waals surface area contributed by atoms with Crippen molar-refractivity contribution < 1.29 is 24.5 Å². The first-order valence-corrected chi connectivity index (χ1v) is 9.31. The first-order valence-electron chi connectivity index (χ1n) is 8.93. The molecule has 1 heterocycles. The summed E-state index contributed by atoms with van der Waals surface area (Å²) in [5.74, 6) is -3.45. The van der Waals surface area contributed by atoms with Gasteiger partial charge in [0.05, 0.1) is 36.0 Å². The van der Waals surface area contributed by atoms with E-state index in [9.17, 15) is 19.8 Å². The summed E-state index contributed by atoms with van der Waals surface area (Å²) in [6.07, 6.45) is 0. The lowest BCUT2D eigenvalue weighted by Crippen LogP contribution is -2.33. The maximum atomic E-state index is 12.2. The third-order valence-electron chi connectivity index (χ3n) is 4.68. The molecule has 2 aromatic rings. The SMILES string of the molecule is CC1=C(C(=O)O)C(c2ccccc2Cl)C(C(=O)O)=C(COCc2ccccc2)N1. The van der Waals surface area contributed by atoms with Crippen LogP contribution < -0.4 is 5.32 Å². The van der Waals surface area contributed by atoms with Crippen LogP contribution in [-0.2, 0) is 20.9 Å². The molecule has 1 unspecified atom stereocenters. The van der Waals surface area contributed by atoms with Crippen molar-refractivity contribution in [3.63, 3.8) is 0 Å². The average Bonchev–Trinajstić information content (AvgIpc) is 2.68.